The molecule has 0 aliphatic carbocycles. The Morgan fingerprint density at radius 3 is 2.23 bits per heavy atom. The van der Waals surface area contributed by atoms with Gasteiger partial charge in [-0.25, -0.2) is 4.79 Å². The zero-order valence-electron chi connectivity index (χ0n) is 15.1. The number of carbonyl (C=O) groups is 1. The molecule has 0 fully saturated rings. The first-order valence-electron chi connectivity index (χ1n) is 7.97. The fraction of sp³-hybridized carbons (Fsp3) is 0.278. The highest BCUT2D eigenvalue weighted by atomic mass is 32.2. The van der Waals surface area contributed by atoms with Gasteiger partial charge in [0.05, 0.1) is 7.11 Å². The summed E-state index contributed by atoms with van der Waals surface area (Å²) in [6, 6.07) is 14.1. The van der Waals surface area contributed by atoms with Crippen LogP contribution in [0.25, 0.3) is 0 Å². The molecule has 6 nitrogen and oxygen atoms in total. The van der Waals surface area contributed by atoms with Crippen LogP contribution < -0.4 is 4.18 Å². The lowest BCUT2D eigenvalue weighted by atomic mass is 10.1. The highest BCUT2D eigenvalue weighted by Crippen LogP contribution is 2.28. The molecule has 0 N–H and O–H groups in total. The highest BCUT2D eigenvalue weighted by molar-refractivity contribution is 7.87. The van der Waals surface area contributed by atoms with Crippen molar-refractivity contribution in [3.8, 4) is 5.75 Å². The molecule has 8 heteroatoms. The molecule has 0 spiro atoms. The molecule has 0 heterocycles. The maximum Gasteiger partial charge on any atom is 0.339 e. The summed E-state index contributed by atoms with van der Waals surface area (Å²) in [7, 11) is -4.74. The topological polar surface area (TPSA) is 78.9 Å². The molecule has 0 radical (unpaired) electrons. The first-order chi connectivity index (χ1) is 12.1. The van der Waals surface area contributed by atoms with Crippen LogP contribution in [0.4, 0.5) is 0 Å². The molecule has 1 atom stereocenters. The summed E-state index contributed by atoms with van der Waals surface area (Å²) in [5.41, 5.74) is 0.472. The van der Waals surface area contributed by atoms with Crippen LogP contribution in [0, 0.1) is 0 Å². The van der Waals surface area contributed by atoms with E-state index in [2.05, 4.69) is 0 Å². The van der Waals surface area contributed by atoms with Gasteiger partial charge in [-0.15, -0.1) is 0 Å². The van der Waals surface area contributed by atoms with Crippen molar-refractivity contribution in [1.82, 2.24) is 0 Å². The van der Waals surface area contributed by atoms with E-state index in [9.17, 15) is 13.2 Å². The van der Waals surface area contributed by atoms with Crippen LogP contribution in [0.5, 0.6) is 5.75 Å². The number of methoxy groups -OCH3 is 1. The van der Waals surface area contributed by atoms with Gasteiger partial charge in [0.25, 0.3) is 0 Å². The Labute approximate surface area is 155 Å². The summed E-state index contributed by atoms with van der Waals surface area (Å²) in [5, 5.41) is 0. The Morgan fingerprint density at radius 1 is 1.00 bits per heavy atom. The van der Waals surface area contributed by atoms with E-state index < -0.39 is 30.5 Å². The number of rotatable bonds is 7. The van der Waals surface area contributed by atoms with Crippen molar-refractivity contribution in [2.45, 2.75) is 30.6 Å². The number of ether oxygens (including phenoxy) is 1. The second-order valence-electron chi connectivity index (χ2n) is 6.56. The van der Waals surface area contributed by atoms with Gasteiger partial charge in [0.1, 0.15) is 10.6 Å². The minimum absolute atomic E-state index is 0.0493. The molecule has 2 aromatic rings. The van der Waals surface area contributed by atoms with Crippen LogP contribution in [0.2, 0.25) is 19.6 Å². The summed E-state index contributed by atoms with van der Waals surface area (Å²) in [6.07, 6.45) is -0.936. The highest BCUT2D eigenvalue weighted by Gasteiger charge is 2.29. The van der Waals surface area contributed by atoms with Crippen molar-refractivity contribution in [3.63, 3.8) is 0 Å². The first kappa shape index (κ1) is 20.2. The van der Waals surface area contributed by atoms with Crippen molar-refractivity contribution >= 4 is 24.4 Å². The Kier molecular flexibility index (Phi) is 6.22. The Hall–Kier alpha value is -2.16. The third-order valence-corrected chi connectivity index (χ3v) is 5.49. The molecular formula is C18H22O6SSi. The molecule has 2 rings (SSSR count). The Bertz CT molecular complexity index is 859. The summed E-state index contributed by atoms with van der Waals surface area (Å²) in [4.78, 5) is 12.2. The van der Waals surface area contributed by atoms with Gasteiger partial charge < -0.3 is 13.3 Å². The fourth-order valence-corrected chi connectivity index (χ4v) is 4.09. The van der Waals surface area contributed by atoms with E-state index in [0.717, 1.165) is 0 Å². The molecule has 2 aromatic carbocycles. The summed E-state index contributed by atoms with van der Waals surface area (Å²) in [5.74, 6) is -0.449. The minimum Gasteiger partial charge on any atom is -0.467 e. The van der Waals surface area contributed by atoms with E-state index in [-0.39, 0.29) is 10.6 Å². The first-order valence-corrected chi connectivity index (χ1v) is 12.8. The largest absolute Gasteiger partial charge is 0.467 e. The van der Waals surface area contributed by atoms with Gasteiger partial charge >= 0.3 is 16.1 Å². The molecular weight excluding hydrogens is 372 g/mol. The Balaban J connectivity index is 2.32. The van der Waals surface area contributed by atoms with Gasteiger partial charge in [-0.2, -0.15) is 8.42 Å². The molecule has 0 aromatic heterocycles. The van der Waals surface area contributed by atoms with Crippen LogP contribution >= 0.6 is 0 Å². The normalized spacial score (nSPS) is 13.1. The summed E-state index contributed by atoms with van der Waals surface area (Å²) >= 11 is 0. The average molecular weight is 395 g/mol. The van der Waals surface area contributed by atoms with E-state index in [1.807, 2.05) is 19.6 Å². The quantitative estimate of drug-likeness (QED) is 0.406. The summed E-state index contributed by atoms with van der Waals surface area (Å²) < 4.78 is 40.7. The Morgan fingerprint density at radius 2 is 1.65 bits per heavy atom. The van der Waals surface area contributed by atoms with Gasteiger partial charge in [-0.05, 0) is 49.5 Å². The molecule has 0 saturated carbocycles. The smallest absolute Gasteiger partial charge is 0.339 e. The van der Waals surface area contributed by atoms with Crippen LogP contribution in [0.15, 0.2) is 59.5 Å². The second-order valence-corrected chi connectivity index (χ2v) is 12.6. The molecule has 140 valence electrons. The molecule has 0 amide bonds. The standard InChI is InChI=1S/C18H22O6SSi/c1-22-18(19)17(24-26(2,3)4)14-9-8-10-15(13-14)23-25(20,21)16-11-6-5-7-12-16/h5-13,17H,1-4H3. The van der Waals surface area contributed by atoms with Crippen LogP contribution in [-0.2, 0) is 24.1 Å². The van der Waals surface area contributed by atoms with Crippen molar-refractivity contribution in [3.05, 3.63) is 60.2 Å². The third-order valence-electron chi connectivity index (χ3n) is 3.29. The van der Waals surface area contributed by atoms with Crippen molar-refractivity contribution in [2.75, 3.05) is 7.11 Å². The monoisotopic (exact) mass is 394 g/mol. The predicted molar refractivity (Wildman–Crippen MR) is 99.9 cm³/mol. The third kappa shape index (κ3) is 5.42. The van der Waals surface area contributed by atoms with E-state index >= 15 is 0 Å². The number of benzene rings is 2. The van der Waals surface area contributed by atoms with Crippen molar-refractivity contribution in [1.29, 1.82) is 0 Å². The van der Waals surface area contributed by atoms with Crippen LogP contribution in [0.1, 0.15) is 11.7 Å². The van der Waals surface area contributed by atoms with E-state index in [4.69, 9.17) is 13.3 Å². The predicted octanol–water partition coefficient (Wildman–Crippen LogP) is 3.52. The fourth-order valence-electron chi connectivity index (χ4n) is 2.20. The SMILES string of the molecule is COC(=O)C(O[Si](C)(C)C)c1cccc(OS(=O)(=O)c2ccccc2)c1. The lowest BCUT2D eigenvalue weighted by Gasteiger charge is -2.25. The lowest BCUT2D eigenvalue weighted by molar-refractivity contribution is -0.149. The lowest BCUT2D eigenvalue weighted by Crippen LogP contribution is -2.32. The van der Waals surface area contributed by atoms with Crippen molar-refractivity contribution < 1.29 is 26.6 Å². The summed E-state index contributed by atoms with van der Waals surface area (Å²) in [6.45, 7) is 5.84. The average Bonchev–Trinajstić information content (AvgIpc) is 2.59. The number of hydrogen-bond acceptors (Lipinski definition) is 6. The number of esters is 1. The van der Waals surface area contributed by atoms with E-state index in [0.29, 0.717) is 5.56 Å². The molecule has 1 unspecified atom stereocenters. The molecule has 0 aliphatic heterocycles. The van der Waals surface area contributed by atoms with Gasteiger partial charge in [0, 0.05) is 0 Å². The minimum atomic E-state index is -3.97. The second kappa shape index (κ2) is 8.03. The van der Waals surface area contributed by atoms with Gasteiger partial charge in [0.15, 0.2) is 14.4 Å². The zero-order valence-corrected chi connectivity index (χ0v) is 16.9. The van der Waals surface area contributed by atoms with Crippen LogP contribution in [0.3, 0.4) is 0 Å². The van der Waals surface area contributed by atoms with Gasteiger partial charge in [-0.3, -0.25) is 0 Å². The molecule has 0 aliphatic rings. The van der Waals surface area contributed by atoms with Gasteiger partial charge in [0.2, 0.25) is 0 Å². The molecule has 0 bridgehead atoms. The molecule has 0 saturated heterocycles. The van der Waals surface area contributed by atoms with E-state index in [1.54, 1.807) is 30.3 Å². The number of carbonyl (C=O) groups excluding carboxylic acids is 1. The van der Waals surface area contributed by atoms with Crippen LogP contribution in [-0.4, -0.2) is 29.8 Å². The zero-order chi connectivity index (χ0) is 19.4. The molecule has 26 heavy (non-hydrogen) atoms. The maximum absolute atomic E-state index is 12.4. The number of hydrogen-bond donors (Lipinski definition) is 0. The van der Waals surface area contributed by atoms with Crippen molar-refractivity contribution in [2.24, 2.45) is 0 Å². The maximum atomic E-state index is 12.4. The van der Waals surface area contributed by atoms with Gasteiger partial charge in [-0.1, -0.05) is 30.3 Å². The van der Waals surface area contributed by atoms with E-state index in [1.165, 1.54) is 31.4 Å².